The molecule has 1 aliphatic rings. The fraction of sp³-hybridized carbons (Fsp3) is 0.667. The summed E-state index contributed by atoms with van der Waals surface area (Å²) in [5.41, 5.74) is 0. The van der Waals surface area contributed by atoms with Crippen molar-refractivity contribution in [3.05, 3.63) is 12.2 Å². The second kappa shape index (κ2) is 12.4. The van der Waals surface area contributed by atoms with Gasteiger partial charge in [-0.25, -0.2) is 0 Å². The highest BCUT2D eigenvalue weighted by atomic mass is 35.5. The third-order valence-electron chi connectivity index (χ3n) is 3.56. The number of hydrogen-bond acceptors (Lipinski definition) is 10. The lowest BCUT2D eigenvalue weighted by Crippen LogP contribution is -2.62. The lowest BCUT2D eigenvalue weighted by Gasteiger charge is -2.43. The van der Waals surface area contributed by atoms with Gasteiger partial charge in [0, 0.05) is 33.6 Å². The van der Waals surface area contributed by atoms with Crippen molar-refractivity contribution in [1.29, 1.82) is 0 Å². The number of halogens is 1. The third kappa shape index (κ3) is 8.80. The molecule has 0 aromatic carbocycles. The molecule has 0 radical (unpaired) electrons. The molecule has 0 aromatic rings. The van der Waals surface area contributed by atoms with Crippen LogP contribution < -0.4 is 0 Å². The molecule has 164 valence electrons. The van der Waals surface area contributed by atoms with Crippen LogP contribution in [-0.2, 0) is 47.6 Å². The summed E-state index contributed by atoms with van der Waals surface area (Å²) in [6.45, 7) is 4.37. The minimum Gasteiger partial charge on any atom is -0.463 e. The molecule has 1 aliphatic heterocycles. The molecule has 0 aliphatic carbocycles. The summed E-state index contributed by atoms with van der Waals surface area (Å²) in [6, 6.07) is 0. The number of carbonyl (C=O) groups excluding carboxylic acids is 4. The molecule has 0 bridgehead atoms. The largest absolute Gasteiger partial charge is 0.463 e. The van der Waals surface area contributed by atoms with Crippen molar-refractivity contribution in [3.8, 4) is 0 Å². The zero-order chi connectivity index (χ0) is 22.0. The van der Waals surface area contributed by atoms with Crippen LogP contribution in [0.4, 0.5) is 0 Å². The van der Waals surface area contributed by atoms with Crippen LogP contribution in [0.3, 0.4) is 0 Å². The fourth-order valence-electron chi connectivity index (χ4n) is 2.60. The van der Waals surface area contributed by atoms with Gasteiger partial charge in [0.2, 0.25) is 0 Å². The maximum atomic E-state index is 11.7. The van der Waals surface area contributed by atoms with E-state index in [9.17, 15) is 19.2 Å². The smallest absolute Gasteiger partial charge is 0.303 e. The van der Waals surface area contributed by atoms with Crippen LogP contribution in [0.1, 0.15) is 27.7 Å². The lowest BCUT2D eigenvalue weighted by molar-refractivity contribution is -0.305. The molecule has 0 amide bonds. The molecule has 0 unspecified atom stereocenters. The van der Waals surface area contributed by atoms with Gasteiger partial charge in [-0.1, -0.05) is 12.2 Å². The Balaban J connectivity index is 3.22. The van der Waals surface area contributed by atoms with Gasteiger partial charge in [-0.2, -0.15) is 0 Å². The monoisotopic (exact) mass is 436 g/mol. The summed E-state index contributed by atoms with van der Waals surface area (Å²) >= 11 is 5.57. The minimum absolute atomic E-state index is 0.0421. The number of esters is 4. The average Bonchev–Trinajstić information content (AvgIpc) is 2.60. The van der Waals surface area contributed by atoms with Crippen LogP contribution in [0.25, 0.3) is 0 Å². The van der Waals surface area contributed by atoms with E-state index in [-0.39, 0.29) is 19.1 Å². The number of hydrogen-bond donors (Lipinski definition) is 0. The van der Waals surface area contributed by atoms with Crippen molar-refractivity contribution < 1.29 is 47.6 Å². The van der Waals surface area contributed by atoms with Crippen LogP contribution in [-0.4, -0.2) is 73.7 Å². The van der Waals surface area contributed by atoms with Gasteiger partial charge in [-0.15, -0.1) is 11.6 Å². The van der Waals surface area contributed by atoms with Gasteiger partial charge in [-0.05, 0) is 0 Å². The van der Waals surface area contributed by atoms with Gasteiger partial charge >= 0.3 is 23.9 Å². The molecule has 11 heteroatoms. The Bertz CT molecular complexity index is 620. The average molecular weight is 437 g/mol. The van der Waals surface area contributed by atoms with Crippen molar-refractivity contribution in [3.63, 3.8) is 0 Å². The molecule has 0 spiro atoms. The van der Waals surface area contributed by atoms with Gasteiger partial charge in [0.1, 0.15) is 12.7 Å². The first kappa shape index (κ1) is 24.9. The Labute approximate surface area is 173 Å². The first-order valence-electron chi connectivity index (χ1n) is 8.78. The summed E-state index contributed by atoms with van der Waals surface area (Å²) in [7, 11) is 0. The minimum atomic E-state index is -1.25. The normalized spacial score (nSPS) is 26.6. The number of ether oxygens (including phenoxy) is 6. The fourth-order valence-corrected chi connectivity index (χ4v) is 2.73. The topological polar surface area (TPSA) is 124 Å². The zero-order valence-electron chi connectivity index (χ0n) is 16.6. The Kier molecular flexibility index (Phi) is 10.6. The highest BCUT2D eigenvalue weighted by molar-refractivity contribution is 6.18. The number of alkyl halides is 1. The lowest BCUT2D eigenvalue weighted by atomic mass is 9.98. The van der Waals surface area contributed by atoms with Crippen LogP contribution in [0.2, 0.25) is 0 Å². The Morgan fingerprint density at radius 2 is 1.38 bits per heavy atom. The van der Waals surface area contributed by atoms with E-state index in [4.69, 9.17) is 40.0 Å². The third-order valence-corrected chi connectivity index (χ3v) is 3.74. The molecule has 5 atom stereocenters. The standard InChI is InChI=1S/C18H25ClO10/c1-10(20)25-9-14-15(26-11(2)21)16(27-12(3)22)17(28-13(4)23)18(29-14)24-8-6-5-7-19/h5-6,14-18H,7-9H2,1-4H3/b6-5+/t14-,15+,16+,17-,18+/m1/s1. The summed E-state index contributed by atoms with van der Waals surface area (Å²) in [5, 5.41) is 0. The molecule has 1 heterocycles. The van der Waals surface area contributed by atoms with Crippen molar-refractivity contribution in [2.24, 2.45) is 0 Å². The Morgan fingerprint density at radius 3 is 1.90 bits per heavy atom. The molecule has 0 aromatic heterocycles. The summed E-state index contributed by atoms with van der Waals surface area (Å²) in [5.74, 6) is -2.43. The van der Waals surface area contributed by atoms with E-state index in [2.05, 4.69) is 0 Å². The first-order valence-corrected chi connectivity index (χ1v) is 9.32. The van der Waals surface area contributed by atoms with Crippen LogP contribution in [0.5, 0.6) is 0 Å². The van der Waals surface area contributed by atoms with Crippen molar-refractivity contribution in [2.75, 3.05) is 19.1 Å². The number of rotatable bonds is 9. The van der Waals surface area contributed by atoms with E-state index in [1.807, 2.05) is 0 Å². The SMILES string of the molecule is CC(=O)OC[C@H]1O[C@H](OC/C=C/CCl)[C@H](OC(C)=O)[C@@H](OC(C)=O)[C@H]1OC(C)=O. The van der Waals surface area contributed by atoms with Gasteiger partial charge in [0.25, 0.3) is 0 Å². The Hall–Kier alpha value is -2.17. The van der Waals surface area contributed by atoms with E-state index < -0.39 is 54.6 Å². The molecule has 0 saturated carbocycles. The molecule has 1 rings (SSSR count). The zero-order valence-corrected chi connectivity index (χ0v) is 17.4. The molecule has 10 nitrogen and oxygen atoms in total. The highest BCUT2D eigenvalue weighted by Gasteiger charge is 2.52. The van der Waals surface area contributed by atoms with Crippen molar-refractivity contribution >= 4 is 35.5 Å². The van der Waals surface area contributed by atoms with E-state index in [0.717, 1.165) is 20.8 Å². The summed E-state index contributed by atoms with van der Waals surface area (Å²) < 4.78 is 32.1. The molecule has 1 saturated heterocycles. The maximum absolute atomic E-state index is 11.7. The van der Waals surface area contributed by atoms with Crippen LogP contribution in [0, 0.1) is 0 Å². The van der Waals surface area contributed by atoms with E-state index >= 15 is 0 Å². The maximum Gasteiger partial charge on any atom is 0.303 e. The Morgan fingerprint density at radius 1 is 0.828 bits per heavy atom. The van der Waals surface area contributed by atoms with Gasteiger partial charge < -0.3 is 28.4 Å². The molecular weight excluding hydrogens is 412 g/mol. The predicted molar refractivity (Wildman–Crippen MR) is 97.8 cm³/mol. The van der Waals surface area contributed by atoms with Crippen LogP contribution in [0.15, 0.2) is 12.2 Å². The molecular formula is C18H25ClO10. The second-order valence-electron chi connectivity index (χ2n) is 6.03. The molecule has 0 N–H and O–H groups in total. The van der Waals surface area contributed by atoms with Crippen LogP contribution >= 0.6 is 11.6 Å². The molecule has 1 fully saturated rings. The van der Waals surface area contributed by atoms with Crippen molar-refractivity contribution in [2.45, 2.75) is 58.4 Å². The molecule has 29 heavy (non-hydrogen) atoms. The van der Waals surface area contributed by atoms with E-state index in [1.54, 1.807) is 12.2 Å². The van der Waals surface area contributed by atoms with Gasteiger partial charge in [0.15, 0.2) is 24.6 Å². The first-order chi connectivity index (χ1) is 13.6. The predicted octanol–water partition coefficient (Wildman–Crippen LogP) is 0.881. The second-order valence-corrected chi connectivity index (χ2v) is 6.34. The summed E-state index contributed by atoms with van der Waals surface area (Å²) in [4.78, 5) is 46.1. The highest BCUT2D eigenvalue weighted by Crippen LogP contribution is 2.29. The number of carbonyl (C=O) groups is 4. The van der Waals surface area contributed by atoms with Crippen molar-refractivity contribution in [1.82, 2.24) is 0 Å². The van der Waals surface area contributed by atoms with E-state index in [0.29, 0.717) is 0 Å². The van der Waals surface area contributed by atoms with Gasteiger partial charge in [-0.3, -0.25) is 19.2 Å². The van der Waals surface area contributed by atoms with E-state index in [1.165, 1.54) is 6.92 Å². The summed E-state index contributed by atoms with van der Waals surface area (Å²) in [6.07, 6.45) is -2.70. The number of allylic oxidation sites excluding steroid dienone is 1. The quantitative estimate of drug-likeness (QED) is 0.222. The van der Waals surface area contributed by atoms with Gasteiger partial charge in [0.05, 0.1) is 6.61 Å².